The van der Waals surface area contributed by atoms with E-state index in [4.69, 9.17) is 4.74 Å². The second kappa shape index (κ2) is 8.36. The van der Waals surface area contributed by atoms with Crippen molar-refractivity contribution in [2.24, 2.45) is 0 Å². The fourth-order valence-corrected chi connectivity index (χ4v) is 2.83. The molecule has 10 heteroatoms. The van der Waals surface area contributed by atoms with Crippen molar-refractivity contribution < 1.29 is 23.8 Å². The number of rotatable bonds is 6. The normalized spacial score (nSPS) is 12.1. The molecule has 0 radical (unpaired) electrons. The molecule has 9 nitrogen and oxygen atoms in total. The van der Waals surface area contributed by atoms with Gasteiger partial charge in [-0.2, -0.15) is 10.2 Å². The first-order valence-electron chi connectivity index (χ1n) is 9.28. The van der Waals surface area contributed by atoms with Crippen LogP contribution in [0.3, 0.4) is 0 Å². The largest absolute Gasteiger partial charge is 0.504 e. The van der Waals surface area contributed by atoms with E-state index in [1.807, 2.05) is 13.8 Å². The number of amides is 1. The number of aromatic nitrogens is 4. The first kappa shape index (κ1) is 21.0. The van der Waals surface area contributed by atoms with Gasteiger partial charge in [0.05, 0.1) is 18.1 Å². The quantitative estimate of drug-likeness (QED) is 0.599. The Balaban J connectivity index is 1.72. The van der Waals surface area contributed by atoms with Gasteiger partial charge in [0.2, 0.25) is 5.69 Å². The number of aromatic hydroxyl groups is 1. The summed E-state index contributed by atoms with van der Waals surface area (Å²) in [5, 5.41) is 20.9. The van der Waals surface area contributed by atoms with Gasteiger partial charge < -0.3 is 15.2 Å². The average molecular weight is 415 g/mol. The molecule has 2 heterocycles. The van der Waals surface area contributed by atoms with Gasteiger partial charge in [0, 0.05) is 12.1 Å². The van der Waals surface area contributed by atoms with Crippen molar-refractivity contribution in [3.8, 4) is 11.4 Å². The van der Waals surface area contributed by atoms with Crippen molar-refractivity contribution in [3.05, 3.63) is 53.7 Å². The Hall–Kier alpha value is -3.69. The summed E-state index contributed by atoms with van der Waals surface area (Å²) in [6, 6.07) is 5.68. The average Bonchev–Trinajstić information content (AvgIpc) is 3.28. The van der Waals surface area contributed by atoms with Crippen LogP contribution in [-0.2, 0) is 9.53 Å². The summed E-state index contributed by atoms with van der Waals surface area (Å²) in [5.74, 6) is -1.89. The molecule has 30 heavy (non-hydrogen) atoms. The Morgan fingerprint density at radius 2 is 1.97 bits per heavy atom. The minimum absolute atomic E-state index is 0.0315. The van der Waals surface area contributed by atoms with Crippen molar-refractivity contribution in [2.45, 2.75) is 39.8 Å². The van der Waals surface area contributed by atoms with Crippen molar-refractivity contribution in [3.63, 3.8) is 0 Å². The Bertz CT molecular complexity index is 1090. The first-order chi connectivity index (χ1) is 14.2. The van der Waals surface area contributed by atoms with E-state index in [1.165, 1.54) is 36.0 Å². The van der Waals surface area contributed by atoms with Gasteiger partial charge in [0.1, 0.15) is 11.6 Å². The van der Waals surface area contributed by atoms with E-state index >= 15 is 0 Å². The molecule has 3 aromatic rings. The molecule has 1 amide bonds. The number of hydrogen-bond acceptors (Lipinski definition) is 6. The molecule has 0 aliphatic carbocycles. The topological polar surface area (TPSA) is 111 Å². The van der Waals surface area contributed by atoms with Crippen LogP contribution in [-0.4, -0.2) is 42.6 Å². The van der Waals surface area contributed by atoms with Gasteiger partial charge in [0.15, 0.2) is 11.9 Å². The van der Waals surface area contributed by atoms with E-state index in [0.717, 1.165) is 0 Å². The molecule has 0 saturated carbocycles. The van der Waals surface area contributed by atoms with Gasteiger partial charge in [-0.3, -0.25) is 4.79 Å². The Labute approximate surface area is 172 Å². The summed E-state index contributed by atoms with van der Waals surface area (Å²) in [7, 11) is 0. The smallest absolute Gasteiger partial charge is 0.363 e. The lowest BCUT2D eigenvalue weighted by Gasteiger charge is -2.15. The second-order valence-corrected chi connectivity index (χ2v) is 7.03. The maximum atomic E-state index is 13.3. The molecule has 3 rings (SSSR count). The zero-order valence-corrected chi connectivity index (χ0v) is 17.0. The number of anilines is 1. The molecule has 0 fully saturated rings. The van der Waals surface area contributed by atoms with Gasteiger partial charge in [-0.05, 0) is 51.5 Å². The number of benzene rings is 1. The van der Waals surface area contributed by atoms with Gasteiger partial charge in [-0.1, -0.05) is 0 Å². The Morgan fingerprint density at radius 1 is 1.23 bits per heavy atom. The van der Waals surface area contributed by atoms with E-state index in [9.17, 15) is 19.1 Å². The predicted octanol–water partition coefficient (Wildman–Crippen LogP) is 2.99. The van der Waals surface area contributed by atoms with Crippen molar-refractivity contribution in [2.75, 3.05) is 5.32 Å². The number of carbonyl (C=O) groups is 2. The van der Waals surface area contributed by atoms with Crippen LogP contribution in [0.15, 0.2) is 36.7 Å². The van der Waals surface area contributed by atoms with E-state index in [1.54, 1.807) is 23.9 Å². The van der Waals surface area contributed by atoms with Crippen LogP contribution in [0.5, 0.6) is 5.75 Å². The molecular formula is C20H22FN5O4. The number of aryl methyl sites for hydroxylation is 1. The fraction of sp³-hybridized carbons (Fsp3) is 0.300. The molecule has 1 unspecified atom stereocenters. The van der Waals surface area contributed by atoms with Crippen LogP contribution in [0.2, 0.25) is 0 Å². The van der Waals surface area contributed by atoms with Crippen LogP contribution in [0.4, 0.5) is 10.2 Å². The molecule has 1 atom stereocenters. The van der Waals surface area contributed by atoms with Crippen LogP contribution in [0, 0.1) is 12.7 Å². The molecule has 0 saturated heterocycles. The highest BCUT2D eigenvalue weighted by Gasteiger charge is 2.25. The number of carbonyl (C=O) groups excluding carboxylic acids is 2. The Kier molecular flexibility index (Phi) is 5.86. The summed E-state index contributed by atoms with van der Waals surface area (Å²) in [6.07, 6.45) is 1.61. The molecule has 0 aliphatic rings. The van der Waals surface area contributed by atoms with Crippen LogP contribution in [0.1, 0.15) is 42.9 Å². The summed E-state index contributed by atoms with van der Waals surface area (Å²) in [4.78, 5) is 24.8. The molecule has 0 spiro atoms. The molecule has 0 aliphatic heterocycles. The number of ether oxygens (including phenoxy) is 1. The lowest BCUT2D eigenvalue weighted by Crippen LogP contribution is -2.31. The number of hydrogen-bond donors (Lipinski definition) is 2. The van der Waals surface area contributed by atoms with E-state index in [-0.39, 0.29) is 11.7 Å². The maximum absolute atomic E-state index is 13.3. The van der Waals surface area contributed by atoms with E-state index in [2.05, 4.69) is 15.5 Å². The number of nitrogens with zero attached hydrogens (tertiary/aromatic N) is 4. The minimum atomic E-state index is -1.15. The summed E-state index contributed by atoms with van der Waals surface area (Å²) in [6.45, 7) is 6.90. The summed E-state index contributed by atoms with van der Waals surface area (Å²) >= 11 is 0. The molecule has 2 aromatic heterocycles. The van der Waals surface area contributed by atoms with Crippen molar-refractivity contribution in [1.29, 1.82) is 0 Å². The SMILES string of the molecule is Cc1cc(F)ccc1-n1cc(O)c(C(=O)OC(C)C(=O)Nc2ccnn2C(C)C)n1. The number of esters is 1. The van der Waals surface area contributed by atoms with E-state index < -0.39 is 29.5 Å². The van der Waals surface area contributed by atoms with Gasteiger partial charge in [0.25, 0.3) is 5.91 Å². The monoisotopic (exact) mass is 415 g/mol. The third-order valence-corrected chi connectivity index (χ3v) is 4.36. The third kappa shape index (κ3) is 4.32. The lowest BCUT2D eigenvalue weighted by molar-refractivity contribution is -0.123. The number of nitrogens with one attached hydrogen (secondary N) is 1. The third-order valence-electron chi connectivity index (χ3n) is 4.36. The zero-order chi connectivity index (χ0) is 22.0. The highest BCUT2D eigenvalue weighted by molar-refractivity contribution is 5.97. The maximum Gasteiger partial charge on any atom is 0.363 e. The standard InChI is InChI=1S/C20H22FN5O4/c1-11(2)26-17(7-8-22-26)23-19(28)13(4)30-20(29)18-16(27)10-25(24-18)15-6-5-14(21)9-12(15)3/h5-11,13,27H,1-4H3,(H,23,28). The molecular weight excluding hydrogens is 393 g/mol. The second-order valence-electron chi connectivity index (χ2n) is 7.03. The zero-order valence-electron chi connectivity index (χ0n) is 17.0. The van der Waals surface area contributed by atoms with Gasteiger partial charge >= 0.3 is 5.97 Å². The molecule has 1 aromatic carbocycles. The summed E-state index contributed by atoms with van der Waals surface area (Å²) < 4.78 is 21.3. The lowest BCUT2D eigenvalue weighted by atomic mass is 10.2. The molecule has 0 bridgehead atoms. The van der Waals surface area contributed by atoms with E-state index in [0.29, 0.717) is 17.1 Å². The van der Waals surface area contributed by atoms with Crippen LogP contribution < -0.4 is 5.32 Å². The fourth-order valence-electron chi connectivity index (χ4n) is 2.83. The highest BCUT2D eigenvalue weighted by atomic mass is 19.1. The Morgan fingerprint density at radius 3 is 2.63 bits per heavy atom. The first-order valence-corrected chi connectivity index (χ1v) is 9.28. The van der Waals surface area contributed by atoms with Crippen molar-refractivity contribution >= 4 is 17.7 Å². The van der Waals surface area contributed by atoms with Crippen LogP contribution in [0.25, 0.3) is 5.69 Å². The predicted molar refractivity (Wildman–Crippen MR) is 106 cm³/mol. The molecule has 158 valence electrons. The number of halogens is 1. The van der Waals surface area contributed by atoms with Crippen LogP contribution >= 0.6 is 0 Å². The highest BCUT2D eigenvalue weighted by Crippen LogP contribution is 2.22. The van der Waals surface area contributed by atoms with Gasteiger partial charge in [-0.25, -0.2) is 18.5 Å². The molecule has 2 N–H and O–H groups in total. The van der Waals surface area contributed by atoms with Gasteiger partial charge in [-0.15, -0.1) is 0 Å². The van der Waals surface area contributed by atoms with Crippen molar-refractivity contribution in [1.82, 2.24) is 19.6 Å². The minimum Gasteiger partial charge on any atom is -0.504 e. The summed E-state index contributed by atoms with van der Waals surface area (Å²) in [5.41, 5.74) is 0.691.